The zero-order chi connectivity index (χ0) is 15.0. The van der Waals surface area contributed by atoms with Gasteiger partial charge in [0.25, 0.3) is 5.91 Å². The Morgan fingerprint density at radius 3 is 3.00 bits per heavy atom. The number of thioether (sulfide) groups is 1. The Bertz CT molecular complexity index is 721. The van der Waals surface area contributed by atoms with Crippen LogP contribution >= 0.6 is 11.8 Å². The highest BCUT2D eigenvalue weighted by atomic mass is 32.2. The van der Waals surface area contributed by atoms with Crippen molar-refractivity contribution < 1.29 is 14.7 Å². The number of aliphatic carboxylic acids is 1. The molecule has 8 heteroatoms. The molecule has 1 saturated heterocycles. The van der Waals surface area contributed by atoms with Crippen molar-refractivity contribution in [2.75, 3.05) is 11.5 Å². The zero-order valence-electron chi connectivity index (χ0n) is 11.4. The van der Waals surface area contributed by atoms with E-state index in [0.29, 0.717) is 17.8 Å². The smallest absolute Gasteiger partial charge is 0.330 e. The fourth-order valence-corrected chi connectivity index (χ4v) is 3.62. The van der Waals surface area contributed by atoms with Gasteiger partial charge in [0.05, 0.1) is 6.20 Å². The Kier molecular flexibility index (Phi) is 3.32. The fourth-order valence-electron chi connectivity index (χ4n) is 2.29. The van der Waals surface area contributed by atoms with E-state index in [4.69, 9.17) is 0 Å². The maximum absolute atomic E-state index is 12.4. The second-order valence-corrected chi connectivity index (χ2v) is 6.14. The van der Waals surface area contributed by atoms with E-state index in [0.717, 1.165) is 11.4 Å². The van der Waals surface area contributed by atoms with E-state index in [9.17, 15) is 14.7 Å². The molecule has 0 radical (unpaired) electrons. The molecule has 0 aliphatic carbocycles. The second-order valence-electron chi connectivity index (χ2n) is 5.04. The lowest BCUT2D eigenvalue weighted by atomic mass is 9.99. The van der Waals surface area contributed by atoms with Gasteiger partial charge in [0.2, 0.25) is 0 Å². The molecule has 1 fully saturated rings. The number of nitrogens with one attached hydrogen (secondary N) is 1. The number of aryl methyl sites for hydroxylation is 1. The minimum Gasteiger partial charge on any atom is -0.479 e. The predicted molar refractivity (Wildman–Crippen MR) is 77.5 cm³/mol. The molecule has 0 spiro atoms. The van der Waals surface area contributed by atoms with E-state index in [1.54, 1.807) is 12.3 Å². The van der Waals surface area contributed by atoms with E-state index >= 15 is 0 Å². The summed E-state index contributed by atoms with van der Waals surface area (Å²) in [5.41, 5.74) is 0.288. The third kappa shape index (κ3) is 2.35. The molecule has 0 bridgehead atoms. The standard InChI is InChI=1S/C13H14N4O3S/c1-8-2-4-17-10(15-8)9(6-14-17)11(18)16-13(12(19)20)3-5-21-7-13/h2,4,6H,3,5,7H2,1H3,(H,16,18)(H,19,20). The Hall–Kier alpha value is -2.09. The molecule has 0 saturated carbocycles. The van der Waals surface area contributed by atoms with Crippen molar-refractivity contribution in [1.29, 1.82) is 0 Å². The Morgan fingerprint density at radius 2 is 2.33 bits per heavy atom. The number of amides is 1. The first-order chi connectivity index (χ1) is 10.0. The van der Waals surface area contributed by atoms with Crippen molar-refractivity contribution >= 4 is 29.3 Å². The van der Waals surface area contributed by atoms with Crippen LogP contribution in [0, 0.1) is 6.92 Å². The van der Waals surface area contributed by atoms with Crippen LogP contribution in [0.1, 0.15) is 22.5 Å². The van der Waals surface area contributed by atoms with Gasteiger partial charge in [0, 0.05) is 17.6 Å². The molecular weight excluding hydrogens is 292 g/mol. The van der Waals surface area contributed by atoms with Crippen LogP contribution in [0.5, 0.6) is 0 Å². The molecule has 2 aromatic heterocycles. The van der Waals surface area contributed by atoms with E-state index in [-0.39, 0.29) is 5.56 Å². The Balaban J connectivity index is 1.94. The van der Waals surface area contributed by atoms with Crippen LogP contribution in [0.25, 0.3) is 5.65 Å². The van der Waals surface area contributed by atoms with Gasteiger partial charge in [-0.25, -0.2) is 14.3 Å². The molecule has 2 aromatic rings. The number of carboxylic acids is 1. The maximum Gasteiger partial charge on any atom is 0.330 e. The van der Waals surface area contributed by atoms with E-state index in [2.05, 4.69) is 15.4 Å². The summed E-state index contributed by atoms with van der Waals surface area (Å²) in [5, 5.41) is 16.1. The fraction of sp³-hybridized carbons (Fsp3) is 0.385. The number of hydrogen-bond donors (Lipinski definition) is 2. The van der Waals surface area contributed by atoms with Gasteiger partial charge in [-0.3, -0.25) is 4.79 Å². The van der Waals surface area contributed by atoms with Crippen molar-refractivity contribution in [2.24, 2.45) is 0 Å². The first-order valence-electron chi connectivity index (χ1n) is 6.46. The molecule has 1 aliphatic heterocycles. The lowest BCUT2D eigenvalue weighted by molar-refractivity contribution is -0.143. The molecule has 2 N–H and O–H groups in total. The number of hydrogen-bond acceptors (Lipinski definition) is 5. The largest absolute Gasteiger partial charge is 0.479 e. The molecule has 3 rings (SSSR count). The molecule has 3 heterocycles. The summed E-state index contributed by atoms with van der Waals surface area (Å²) in [6.45, 7) is 1.82. The third-order valence-corrected chi connectivity index (χ3v) is 4.73. The van der Waals surface area contributed by atoms with Crippen LogP contribution in [-0.4, -0.2) is 48.6 Å². The number of carboxylic acid groups (broad SMARTS) is 1. The van der Waals surface area contributed by atoms with Gasteiger partial charge in [-0.1, -0.05) is 0 Å². The average Bonchev–Trinajstić information content (AvgIpc) is 3.05. The van der Waals surface area contributed by atoms with Crippen molar-refractivity contribution in [3.63, 3.8) is 0 Å². The van der Waals surface area contributed by atoms with E-state index in [1.165, 1.54) is 22.5 Å². The van der Waals surface area contributed by atoms with Gasteiger partial charge >= 0.3 is 5.97 Å². The Morgan fingerprint density at radius 1 is 1.52 bits per heavy atom. The lowest BCUT2D eigenvalue weighted by Crippen LogP contribution is -2.54. The minimum absolute atomic E-state index is 0.288. The molecule has 1 unspecified atom stereocenters. The number of rotatable bonds is 3. The molecule has 7 nitrogen and oxygen atoms in total. The number of carbonyl (C=O) groups is 2. The molecule has 1 atom stereocenters. The molecule has 110 valence electrons. The lowest BCUT2D eigenvalue weighted by Gasteiger charge is -2.24. The SMILES string of the molecule is Cc1ccn2ncc(C(=O)NC3(C(=O)O)CCSC3)c2n1. The molecule has 21 heavy (non-hydrogen) atoms. The quantitative estimate of drug-likeness (QED) is 0.867. The van der Waals surface area contributed by atoms with Gasteiger partial charge in [-0.15, -0.1) is 0 Å². The van der Waals surface area contributed by atoms with Gasteiger partial charge in [0.1, 0.15) is 11.1 Å². The maximum atomic E-state index is 12.4. The summed E-state index contributed by atoms with van der Waals surface area (Å²) >= 11 is 1.52. The zero-order valence-corrected chi connectivity index (χ0v) is 12.2. The van der Waals surface area contributed by atoms with Gasteiger partial charge in [-0.2, -0.15) is 16.9 Å². The van der Waals surface area contributed by atoms with Crippen molar-refractivity contribution in [1.82, 2.24) is 19.9 Å². The molecular formula is C13H14N4O3S. The first kappa shape index (κ1) is 13.9. The molecule has 1 amide bonds. The second kappa shape index (κ2) is 5.03. The Labute approximate surface area is 124 Å². The highest BCUT2D eigenvalue weighted by Gasteiger charge is 2.43. The van der Waals surface area contributed by atoms with Crippen molar-refractivity contribution in [2.45, 2.75) is 18.9 Å². The van der Waals surface area contributed by atoms with E-state index in [1.807, 2.05) is 6.92 Å². The van der Waals surface area contributed by atoms with Crippen molar-refractivity contribution in [3.8, 4) is 0 Å². The van der Waals surface area contributed by atoms with Gasteiger partial charge < -0.3 is 10.4 Å². The van der Waals surface area contributed by atoms with Crippen LogP contribution in [0.2, 0.25) is 0 Å². The monoisotopic (exact) mass is 306 g/mol. The van der Waals surface area contributed by atoms with Crippen LogP contribution in [0.4, 0.5) is 0 Å². The predicted octanol–water partition coefficient (Wildman–Crippen LogP) is 0.728. The number of nitrogens with zero attached hydrogens (tertiary/aromatic N) is 3. The average molecular weight is 306 g/mol. The van der Waals surface area contributed by atoms with Crippen LogP contribution in [-0.2, 0) is 4.79 Å². The van der Waals surface area contributed by atoms with Gasteiger partial charge in [-0.05, 0) is 25.2 Å². The van der Waals surface area contributed by atoms with Crippen LogP contribution in [0.3, 0.4) is 0 Å². The van der Waals surface area contributed by atoms with Crippen molar-refractivity contribution in [3.05, 3.63) is 29.7 Å². The van der Waals surface area contributed by atoms with E-state index < -0.39 is 17.4 Å². The topological polar surface area (TPSA) is 96.6 Å². The number of carbonyl (C=O) groups excluding carboxylic acids is 1. The summed E-state index contributed by atoms with van der Waals surface area (Å²) in [7, 11) is 0. The highest BCUT2D eigenvalue weighted by Crippen LogP contribution is 2.28. The summed E-state index contributed by atoms with van der Waals surface area (Å²) in [4.78, 5) is 28.2. The number of aromatic nitrogens is 3. The summed E-state index contributed by atoms with van der Waals surface area (Å²) in [6, 6.07) is 1.79. The first-order valence-corrected chi connectivity index (χ1v) is 7.62. The third-order valence-electron chi connectivity index (χ3n) is 3.54. The summed E-state index contributed by atoms with van der Waals surface area (Å²) in [6.07, 6.45) is 3.55. The summed E-state index contributed by atoms with van der Waals surface area (Å²) in [5.74, 6) is -0.354. The minimum atomic E-state index is -1.19. The van der Waals surface area contributed by atoms with Gasteiger partial charge in [0.15, 0.2) is 5.65 Å². The molecule has 1 aliphatic rings. The number of fused-ring (bicyclic) bond motifs is 1. The molecule has 0 aromatic carbocycles. The van der Waals surface area contributed by atoms with Crippen LogP contribution in [0.15, 0.2) is 18.5 Å². The van der Waals surface area contributed by atoms with Crippen LogP contribution < -0.4 is 5.32 Å². The summed E-state index contributed by atoms with van der Waals surface area (Å²) < 4.78 is 1.50. The normalized spacial score (nSPS) is 21.6. The highest BCUT2D eigenvalue weighted by molar-refractivity contribution is 7.99.